The predicted octanol–water partition coefficient (Wildman–Crippen LogP) is 2.68. The van der Waals surface area contributed by atoms with Crippen molar-refractivity contribution in [2.75, 3.05) is 0 Å². The lowest BCUT2D eigenvalue weighted by Crippen LogP contribution is -2.34. The molecular formula is C16H19NO2. The van der Waals surface area contributed by atoms with Gasteiger partial charge in [0.15, 0.2) is 0 Å². The van der Waals surface area contributed by atoms with Crippen molar-refractivity contribution < 1.29 is 9.90 Å². The van der Waals surface area contributed by atoms with Gasteiger partial charge in [0.25, 0.3) is 0 Å². The third-order valence-electron chi connectivity index (χ3n) is 4.94. The molecule has 3 aliphatic carbocycles. The molecule has 3 nitrogen and oxygen atoms in total. The summed E-state index contributed by atoms with van der Waals surface area (Å²) in [5.74, 6) is 0.991. The lowest BCUT2D eigenvalue weighted by atomic mass is 10.1. The van der Waals surface area contributed by atoms with Crippen LogP contribution in [0.25, 0.3) is 0 Å². The summed E-state index contributed by atoms with van der Waals surface area (Å²) in [6.07, 6.45) is 5.97. The topological polar surface area (TPSA) is 40.5 Å². The van der Waals surface area contributed by atoms with Gasteiger partial charge in [-0.15, -0.1) is 0 Å². The predicted molar refractivity (Wildman–Crippen MR) is 71.5 cm³/mol. The number of amides is 1. The Kier molecular flexibility index (Phi) is 2.23. The number of nitrogens with zero attached hydrogens (tertiary/aromatic N) is 1. The summed E-state index contributed by atoms with van der Waals surface area (Å²) >= 11 is 0. The Hall–Kier alpha value is -1.51. The van der Waals surface area contributed by atoms with Gasteiger partial charge < -0.3 is 10.0 Å². The second kappa shape index (κ2) is 3.75. The van der Waals surface area contributed by atoms with Crippen LogP contribution in [0, 0.1) is 11.3 Å². The molecule has 0 unspecified atom stereocenters. The van der Waals surface area contributed by atoms with E-state index in [1.54, 1.807) is 12.1 Å². The Morgan fingerprint density at radius 2 is 1.95 bits per heavy atom. The van der Waals surface area contributed by atoms with Gasteiger partial charge in [0.05, 0.1) is 0 Å². The molecule has 100 valence electrons. The van der Waals surface area contributed by atoms with Crippen molar-refractivity contribution in [3.8, 4) is 5.75 Å². The van der Waals surface area contributed by atoms with Gasteiger partial charge in [0.2, 0.25) is 5.91 Å². The minimum atomic E-state index is 0.284. The van der Waals surface area contributed by atoms with Crippen LogP contribution in [0.15, 0.2) is 24.3 Å². The van der Waals surface area contributed by atoms with Crippen LogP contribution in [0.2, 0.25) is 0 Å². The van der Waals surface area contributed by atoms with Crippen molar-refractivity contribution >= 4 is 5.91 Å². The van der Waals surface area contributed by atoms with Gasteiger partial charge in [0.1, 0.15) is 5.75 Å². The molecule has 1 spiro atoms. The van der Waals surface area contributed by atoms with Crippen LogP contribution in [-0.2, 0) is 11.3 Å². The number of hydrogen-bond donors (Lipinski definition) is 1. The molecule has 3 heteroatoms. The summed E-state index contributed by atoms with van der Waals surface area (Å²) in [5.41, 5.74) is 1.56. The average molecular weight is 257 g/mol. The molecule has 4 rings (SSSR count). The zero-order chi connectivity index (χ0) is 13.0. The molecule has 0 aliphatic heterocycles. The number of phenolic OH excluding ortho intramolecular Hbond substituents is 1. The molecule has 1 N–H and O–H groups in total. The lowest BCUT2D eigenvalue weighted by molar-refractivity contribution is -0.134. The van der Waals surface area contributed by atoms with Crippen molar-refractivity contribution in [2.45, 2.75) is 44.7 Å². The largest absolute Gasteiger partial charge is 0.508 e. The molecule has 1 aromatic rings. The molecular weight excluding hydrogens is 238 g/mol. The summed E-state index contributed by atoms with van der Waals surface area (Å²) < 4.78 is 0. The minimum absolute atomic E-state index is 0.284. The molecule has 3 fully saturated rings. The van der Waals surface area contributed by atoms with E-state index in [0.717, 1.165) is 24.8 Å². The lowest BCUT2D eigenvalue weighted by Gasteiger charge is -2.23. The zero-order valence-electron chi connectivity index (χ0n) is 11.0. The Morgan fingerprint density at radius 3 is 2.47 bits per heavy atom. The van der Waals surface area contributed by atoms with E-state index in [-0.39, 0.29) is 5.75 Å². The van der Waals surface area contributed by atoms with Gasteiger partial charge in [-0.25, -0.2) is 0 Å². The molecule has 1 aromatic carbocycles. The quantitative estimate of drug-likeness (QED) is 0.901. The maximum absolute atomic E-state index is 12.6. The van der Waals surface area contributed by atoms with Crippen molar-refractivity contribution in [3.63, 3.8) is 0 Å². The molecule has 3 aliphatic rings. The second-order valence-corrected chi connectivity index (χ2v) is 6.48. The van der Waals surface area contributed by atoms with E-state index in [1.807, 2.05) is 12.1 Å². The highest BCUT2D eigenvalue weighted by molar-refractivity contribution is 5.84. The molecule has 1 amide bonds. The molecule has 0 heterocycles. The minimum Gasteiger partial charge on any atom is -0.508 e. The number of carbonyl (C=O) groups excluding carboxylic acids is 1. The number of carbonyl (C=O) groups is 1. The van der Waals surface area contributed by atoms with Gasteiger partial charge in [-0.2, -0.15) is 0 Å². The highest BCUT2D eigenvalue weighted by atomic mass is 16.3. The fourth-order valence-electron chi connectivity index (χ4n) is 3.18. The second-order valence-electron chi connectivity index (χ2n) is 6.48. The SMILES string of the molecule is O=C([C@H]1CC12CC2)N(Cc1ccc(O)cc1)C1CC1. The summed E-state index contributed by atoms with van der Waals surface area (Å²) in [4.78, 5) is 14.7. The van der Waals surface area contributed by atoms with E-state index in [4.69, 9.17) is 0 Å². The van der Waals surface area contributed by atoms with E-state index < -0.39 is 0 Å². The van der Waals surface area contributed by atoms with Crippen LogP contribution < -0.4 is 0 Å². The first-order valence-corrected chi connectivity index (χ1v) is 7.26. The van der Waals surface area contributed by atoms with Crippen molar-refractivity contribution in [1.82, 2.24) is 4.90 Å². The summed E-state index contributed by atoms with van der Waals surface area (Å²) in [6, 6.07) is 7.70. The van der Waals surface area contributed by atoms with Crippen LogP contribution in [0.4, 0.5) is 0 Å². The Labute approximate surface area is 113 Å². The first kappa shape index (κ1) is 11.3. The maximum atomic E-state index is 12.6. The molecule has 0 bridgehead atoms. The van der Waals surface area contributed by atoms with Crippen LogP contribution in [-0.4, -0.2) is 22.0 Å². The Balaban J connectivity index is 1.48. The standard InChI is InChI=1S/C16H19NO2/c18-13-5-1-11(2-6-13)10-17(12-3-4-12)15(19)14-9-16(14)7-8-16/h1-2,5-6,12,14,18H,3-4,7-10H2/t14-/m1/s1. The summed E-state index contributed by atoms with van der Waals surface area (Å²) in [7, 11) is 0. The fourth-order valence-corrected chi connectivity index (χ4v) is 3.18. The van der Waals surface area contributed by atoms with E-state index in [0.29, 0.717) is 29.8 Å². The molecule has 0 aromatic heterocycles. The molecule has 0 radical (unpaired) electrons. The Bertz CT molecular complexity index is 514. The van der Waals surface area contributed by atoms with Gasteiger partial charge in [0, 0.05) is 18.5 Å². The molecule has 0 saturated heterocycles. The number of aromatic hydroxyl groups is 1. The normalized spacial score (nSPS) is 26.2. The summed E-state index contributed by atoms with van der Waals surface area (Å²) in [6.45, 7) is 0.705. The van der Waals surface area contributed by atoms with Crippen LogP contribution >= 0.6 is 0 Å². The first-order chi connectivity index (χ1) is 9.18. The van der Waals surface area contributed by atoms with Crippen molar-refractivity contribution in [3.05, 3.63) is 29.8 Å². The van der Waals surface area contributed by atoms with E-state index >= 15 is 0 Å². The molecule has 3 saturated carbocycles. The maximum Gasteiger partial charge on any atom is 0.226 e. The van der Waals surface area contributed by atoms with E-state index in [9.17, 15) is 9.90 Å². The van der Waals surface area contributed by atoms with E-state index in [2.05, 4.69) is 4.90 Å². The number of rotatable bonds is 4. The highest BCUT2D eigenvalue weighted by Gasteiger charge is 2.66. The van der Waals surface area contributed by atoms with Crippen molar-refractivity contribution in [1.29, 1.82) is 0 Å². The van der Waals surface area contributed by atoms with Gasteiger partial charge in [-0.3, -0.25) is 4.79 Å². The first-order valence-electron chi connectivity index (χ1n) is 7.26. The monoisotopic (exact) mass is 257 g/mol. The highest BCUT2D eigenvalue weighted by Crippen LogP contribution is 2.71. The van der Waals surface area contributed by atoms with Gasteiger partial charge in [-0.1, -0.05) is 12.1 Å². The van der Waals surface area contributed by atoms with Gasteiger partial charge in [-0.05, 0) is 55.2 Å². The van der Waals surface area contributed by atoms with Crippen LogP contribution in [0.3, 0.4) is 0 Å². The van der Waals surface area contributed by atoms with E-state index in [1.165, 1.54) is 12.8 Å². The number of phenols is 1. The van der Waals surface area contributed by atoms with Crippen LogP contribution in [0.5, 0.6) is 5.75 Å². The average Bonchev–Trinajstić information content (AvgIpc) is 3.29. The third-order valence-corrected chi connectivity index (χ3v) is 4.94. The number of benzene rings is 1. The smallest absolute Gasteiger partial charge is 0.226 e. The molecule has 19 heavy (non-hydrogen) atoms. The fraction of sp³-hybridized carbons (Fsp3) is 0.562. The zero-order valence-corrected chi connectivity index (χ0v) is 11.0. The third kappa shape index (κ3) is 2.01. The van der Waals surface area contributed by atoms with Crippen LogP contribution in [0.1, 0.15) is 37.7 Å². The molecule has 1 atom stereocenters. The van der Waals surface area contributed by atoms with Crippen molar-refractivity contribution in [2.24, 2.45) is 11.3 Å². The number of hydrogen-bond acceptors (Lipinski definition) is 2. The van der Waals surface area contributed by atoms with Gasteiger partial charge >= 0.3 is 0 Å². The Morgan fingerprint density at radius 1 is 1.26 bits per heavy atom. The summed E-state index contributed by atoms with van der Waals surface area (Å²) in [5, 5.41) is 9.32.